The predicted molar refractivity (Wildman–Crippen MR) is 94.9 cm³/mol. The molecule has 0 unspecified atom stereocenters. The van der Waals surface area contributed by atoms with Crippen molar-refractivity contribution < 1.29 is 4.79 Å². The minimum Gasteiger partial charge on any atom is -0.350 e. The zero-order valence-electron chi connectivity index (χ0n) is 13.8. The molecule has 0 bridgehead atoms. The molecule has 0 radical (unpaired) electrons. The fourth-order valence-electron chi connectivity index (χ4n) is 2.84. The van der Waals surface area contributed by atoms with Gasteiger partial charge in [-0.25, -0.2) is 4.98 Å². The highest BCUT2D eigenvalue weighted by molar-refractivity contribution is 7.11. The summed E-state index contributed by atoms with van der Waals surface area (Å²) >= 11 is 1.70. The first-order chi connectivity index (χ1) is 10.1. The lowest BCUT2D eigenvalue weighted by Crippen LogP contribution is -2.29. The first-order valence-corrected chi connectivity index (χ1v) is 8.81. The molecule has 1 aliphatic rings. The Labute approximate surface area is 143 Å². The number of piperidine rings is 1. The van der Waals surface area contributed by atoms with E-state index in [-0.39, 0.29) is 18.3 Å². The second-order valence-corrected chi connectivity index (χ2v) is 7.50. The fraction of sp³-hybridized carbons (Fsp3) is 0.750. The van der Waals surface area contributed by atoms with Gasteiger partial charge in [0.25, 0.3) is 0 Å². The number of hydrogen-bond acceptors (Lipinski definition) is 4. The molecule has 2 rings (SSSR count). The maximum absolute atomic E-state index is 11.9. The molecule has 1 aromatic rings. The highest BCUT2D eigenvalue weighted by Crippen LogP contribution is 2.24. The van der Waals surface area contributed by atoms with Crippen molar-refractivity contribution >= 4 is 29.7 Å². The molecule has 2 heterocycles. The average Bonchev–Trinajstić information content (AvgIpc) is 2.85. The monoisotopic (exact) mass is 345 g/mol. The number of nitrogens with zero attached hydrogens (tertiary/aromatic N) is 1. The number of nitrogens with one attached hydrogen (secondary N) is 2. The second-order valence-electron chi connectivity index (χ2n) is 6.21. The third-order valence-corrected chi connectivity index (χ3v) is 5.09. The van der Waals surface area contributed by atoms with Crippen LogP contribution >= 0.6 is 23.7 Å². The van der Waals surface area contributed by atoms with Gasteiger partial charge >= 0.3 is 0 Å². The largest absolute Gasteiger partial charge is 0.350 e. The molecule has 0 spiro atoms. The Morgan fingerprint density at radius 2 is 2.09 bits per heavy atom. The van der Waals surface area contributed by atoms with E-state index in [0.717, 1.165) is 24.5 Å². The quantitative estimate of drug-likeness (QED) is 0.830. The molecule has 0 aromatic carbocycles. The van der Waals surface area contributed by atoms with Crippen molar-refractivity contribution in [3.05, 3.63) is 15.6 Å². The van der Waals surface area contributed by atoms with Crippen molar-refractivity contribution in [2.24, 2.45) is 5.92 Å². The summed E-state index contributed by atoms with van der Waals surface area (Å²) in [6, 6.07) is 0. The van der Waals surface area contributed by atoms with Gasteiger partial charge in [0, 0.05) is 11.3 Å². The van der Waals surface area contributed by atoms with Crippen LogP contribution in [-0.4, -0.2) is 24.0 Å². The standard InChI is InChI=1S/C16H27N3OS.ClH/c1-11(2)16-12(3)21-15(19-16)10-18-14(20)5-4-13-6-8-17-9-7-13;/h11,13,17H,4-10H2,1-3H3,(H,18,20);1H. The smallest absolute Gasteiger partial charge is 0.220 e. The lowest BCUT2D eigenvalue weighted by Gasteiger charge is -2.22. The van der Waals surface area contributed by atoms with Gasteiger partial charge in [-0.2, -0.15) is 0 Å². The number of thiazole rings is 1. The van der Waals surface area contributed by atoms with Gasteiger partial charge < -0.3 is 10.6 Å². The van der Waals surface area contributed by atoms with Crippen LogP contribution in [0.4, 0.5) is 0 Å². The number of halogens is 1. The van der Waals surface area contributed by atoms with Crippen LogP contribution in [-0.2, 0) is 11.3 Å². The van der Waals surface area contributed by atoms with Crippen LogP contribution in [0.3, 0.4) is 0 Å². The summed E-state index contributed by atoms with van der Waals surface area (Å²) < 4.78 is 0. The normalized spacial score (nSPS) is 15.6. The Bertz CT molecular complexity index is 470. The van der Waals surface area contributed by atoms with Crippen LogP contribution in [0.2, 0.25) is 0 Å². The van der Waals surface area contributed by atoms with Crippen LogP contribution < -0.4 is 10.6 Å². The number of carbonyl (C=O) groups excluding carboxylic acids is 1. The maximum atomic E-state index is 11.9. The topological polar surface area (TPSA) is 54.0 Å². The van der Waals surface area contributed by atoms with Crippen LogP contribution in [0.5, 0.6) is 0 Å². The molecule has 6 heteroatoms. The third kappa shape index (κ3) is 5.86. The first-order valence-electron chi connectivity index (χ1n) is 8.00. The summed E-state index contributed by atoms with van der Waals surface area (Å²) in [7, 11) is 0. The molecule has 1 saturated heterocycles. The lowest BCUT2D eigenvalue weighted by atomic mass is 9.93. The van der Waals surface area contributed by atoms with E-state index in [0.29, 0.717) is 24.8 Å². The summed E-state index contributed by atoms with van der Waals surface area (Å²) in [6.45, 7) is 9.19. The molecule has 1 fully saturated rings. The van der Waals surface area contributed by atoms with E-state index in [2.05, 4.69) is 36.4 Å². The number of aromatic nitrogens is 1. The van der Waals surface area contributed by atoms with Crippen LogP contribution in [0.25, 0.3) is 0 Å². The molecule has 126 valence electrons. The van der Waals surface area contributed by atoms with E-state index in [1.165, 1.54) is 23.4 Å². The van der Waals surface area contributed by atoms with Crippen molar-refractivity contribution in [3.63, 3.8) is 0 Å². The zero-order valence-corrected chi connectivity index (χ0v) is 15.4. The van der Waals surface area contributed by atoms with Crippen LogP contribution in [0.1, 0.15) is 61.0 Å². The third-order valence-electron chi connectivity index (χ3n) is 4.10. The Morgan fingerprint density at radius 3 is 2.68 bits per heavy atom. The van der Waals surface area contributed by atoms with Crippen LogP contribution in [0, 0.1) is 12.8 Å². The van der Waals surface area contributed by atoms with Crippen molar-refractivity contribution in [1.29, 1.82) is 0 Å². The molecular weight excluding hydrogens is 318 g/mol. The Balaban J connectivity index is 0.00000242. The SMILES string of the molecule is Cc1sc(CNC(=O)CCC2CCNCC2)nc1C(C)C.Cl. The second kappa shape index (κ2) is 9.48. The molecular formula is C16H28ClN3OS. The summed E-state index contributed by atoms with van der Waals surface area (Å²) in [6.07, 6.45) is 4.07. The molecule has 0 atom stereocenters. The number of aryl methyl sites for hydroxylation is 1. The van der Waals surface area contributed by atoms with Crippen molar-refractivity contribution in [2.75, 3.05) is 13.1 Å². The van der Waals surface area contributed by atoms with Crippen LogP contribution in [0.15, 0.2) is 0 Å². The van der Waals surface area contributed by atoms with E-state index in [9.17, 15) is 4.79 Å². The minimum atomic E-state index is 0. The van der Waals surface area contributed by atoms with E-state index in [1.807, 2.05) is 0 Å². The zero-order chi connectivity index (χ0) is 15.2. The van der Waals surface area contributed by atoms with Crippen molar-refractivity contribution in [1.82, 2.24) is 15.6 Å². The molecule has 2 N–H and O–H groups in total. The van der Waals surface area contributed by atoms with Gasteiger partial charge in [-0.1, -0.05) is 13.8 Å². The first kappa shape index (κ1) is 19.4. The highest BCUT2D eigenvalue weighted by atomic mass is 35.5. The van der Waals surface area contributed by atoms with Crippen molar-refractivity contribution in [2.45, 2.75) is 58.9 Å². The van der Waals surface area contributed by atoms with Gasteiger partial charge in [-0.3, -0.25) is 4.79 Å². The van der Waals surface area contributed by atoms with E-state index in [1.54, 1.807) is 11.3 Å². The molecule has 0 aliphatic carbocycles. The van der Waals surface area contributed by atoms with Gasteiger partial charge in [0.15, 0.2) is 0 Å². The summed E-state index contributed by atoms with van der Waals surface area (Å²) in [5.41, 5.74) is 1.17. The number of carbonyl (C=O) groups is 1. The Kier molecular flexibility index (Phi) is 8.36. The number of hydrogen-bond donors (Lipinski definition) is 2. The Hall–Kier alpha value is -0.650. The molecule has 1 amide bonds. The molecule has 0 saturated carbocycles. The molecule has 4 nitrogen and oxygen atoms in total. The molecule has 22 heavy (non-hydrogen) atoms. The number of amides is 1. The van der Waals surface area contributed by atoms with Gasteiger partial charge in [0.05, 0.1) is 12.2 Å². The summed E-state index contributed by atoms with van der Waals surface area (Å²) in [5.74, 6) is 1.32. The van der Waals surface area contributed by atoms with Gasteiger partial charge in [-0.15, -0.1) is 23.7 Å². The van der Waals surface area contributed by atoms with E-state index in [4.69, 9.17) is 0 Å². The Morgan fingerprint density at radius 1 is 1.41 bits per heavy atom. The summed E-state index contributed by atoms with van der Waals surface area (Å²) in [4.78, 5) is 17.8. The van der Waals surface area contributed by atoms with Crippen molar-refractivity contribution in [3.8, 4) is 0 Å². The maximum Gasteiger partial charge on any atom is 0.220 e. The molecule has 1 aliphatic heterocycles. The van der Waals surface area contributed by atoms with Gasteiger partial charge in [-0.05, 0) is 51.1 Å². The minimum absolute atomic E-state index is 0. The average molecular weight is 346 g/mol. The van der Waals surface area contributed by atoms with Gasteiger partial charge in [0.1, 0.15) is 5.01 Å². The number of rotatable bonds is 6. The predicted octanol–water partition coefficient (Wildman–Crippen LogP) is 3.39. The highest BCUT2D eigenvalue weighted by Gasteiger charge is 2.15. The fourth-order valence-corrected chi connectivity index (χ4v) is 3.87. The summed E-state index contributed by atoms with van der Waals surface area (Å²) in [5, 5.41) is 7.39. The van der Waals surface area contributed by atoms with Gasteiger partial charge in [0.2, 0.25) is 5.91 Å². The van der Waals surface area contributed by atoms with E-state index < -0.39 is 0 Å². The lowest BCUT2D eigenvalue weighted by molar-refractivity contribution is -0.121. The van der Waals surface area contributed by atoms with E-state index >= 15 is 0 Å². The molecule has 1 aromatic heterocycles.